The maximum Gasteiger partial charge on any atom is 0.358 e. The summed E-state index contributed by atoms with van der Waals surface area (Å²) < 4.78 is 18.2. The molecule has 4 saturated carbocycles. The van der Waals surface area contributed by atoms with Crippen molar-refractivity contribution in [2.45, 2.75) is 77.9 Å². The first-order valence-electron chi connectivity index (χ1n) is 14.8. The van der Waals surface area contributed by atoms with Crippen molar-refractivity contribution in [2.75, 3.05) is 6.61 Å². The number of carbonyl (C=O) groups excluding carboxylic acids is 3. The van der Waals surface area contributed by atoms with E-state index >= 15 is 0 Å². The van der Waals surface area contributed by atoms with Crippen molar-refractivity contribution in [2.24, 2.45) is 34.0 Å². The molecule has 0 aliphatic heterocycles. The Morgan fingerprint density at radius 3 is 2.14 bits per heavy atom. The third-order valence-electron chi connectivity index (χ3n) is 11.0. The summed E-state index contributed by atoms with van der Waals surface area (Å²) in [7, 11) is 0. The SMILES string of the molecule is C=C1C[C@]23C[C@H]1CC[C@H]2[C@]1(C)CC[C@@H](OC(=O)c2cnccn2)[C@](C)(COC(C)=O)[C@H]1C[C@@H]3OC(=O)c1cnccn1. The molecule has 4 fully saturated rings. The summed E-state index contributed by atoms with van der Waals surface area (Å²) in [6, 6.07) is 0. The zero-order valence-electron chi connectivity index (χ0n) is 24.5. The van der Waals surface area contributed by atoms with Gasteiger partial charge in [-0.05, 0) is 68.1 Å². The smallest absolute Gasteiger partial charge is 0.358 e. The third kappa shape index (κ3) is 4.59. The van der Waals surface area contributed by atoms with Gasteiger partial charge in [-0.2, -0.15) is 0 Å². The number of rotatable bonds is 6. The zero-order valence-corrected chi connectivity index (χ0v) is 24.5. The van der Waals surface area contributed by atoms with Gasteiger partial charge in [0.05, 0.1) is 12.4 Å². The molecular weight excluding hydrogens is 536 g/mol. The van der Waals surface area contributed by atoms with Crippen LogP contribution in [0.15, 0.2) is 49.3 Å². The normalized spacial score (nSPS) is 36.7. The molecule has 6 rings (SSSR count). The van der Waals surface area contributed by atoms with Crippen molar-refractivity contribution in [1.82, 2.24) is 19.9 Å². The van der Waals surface area contributed by atoms with Crippen molar-refractivity contribution in [3.8, 4) is 0 Å². The van der Waals surface area contributed by atoms with Gasteiger partial charge in [0.15, 0.2) is 11.4 Å². The number of hydrogen-bond donors (Lipinski definition) is 0. The number of fused-ring (bicyclic) bond motifs is 3. The second-order valence-electron chi connectivity index (χ2n) is 13.2. The molecule has 2 aromatic heterocycles. The van der Waals surface area contributed by atoms with Crippen LogP contribution in [0, 0.1) is 34.0 Å². The van der Waals surface area contributed by atoms with E-state index in [-0.39, 0.29) is 40.7 Å². The molecule has 2 aromatic rings. The van der Waals surface area contributed by atoms with Crippen molar-refractivity contribution in [1.29, 1.82) is 0 Å². The Labute approximate surface area is 245 Å². The van der Waals surface area contributed by atoms with Crippen molar-refractivity contribution < 1.29 is 28.6 Å². The lowest BCUT2D eigenvalue weighted by molar-refractivity contribution is -0.232. The average Bonchev–Trinajstić information content (AvgIpc) is 3.24. The summed E-state index contributed by atoms with van der Waals surface area (Å²) in [5.74, 6) is -0.835. The summed E-state index contributed by atoms with van der Waals surface area (Å²) in [4.78, 5) is 55.1. The second kappa shape index (κ2) is 10.5. The minimum atomic E-state index is -0.734. The molecule has 2 heterocycles. The number of ether oxygens (including phenoxy) is 3. The Hall–Kier alpha value is -3.69. The second-order valence-corrected chi connectivity index (χ2v) is 13.2. The predicted molar refractivity (Wildman–Crippen MR) is 150 cm³/mol. The Morgan fingerprint density at radius 1 is 0.905 bits per heavy atom. The molecule has 10 nitrogen and oxygen atoms in total. The van der Waals surface area contributed by atoms with Gasteiger partial charge < -0.3 is 14.2 Å². The van der Waals surface area contributed by atoms with Crippen LogP contribution in [-0.2, 0) is 19.0 Å². The van der Waals surface area contributed by atoms with Gasteiger partial charge >= 0.3 is 17.9 Å². The summed E-state index contributed by atoms with van der Waals surface area (Å²) >= 11 is 0. The fraction of sp³-hybridized carbons (Fsp3) is 0.594. The van der Waals surface area contributed by atoms with Gasteiger partial charge in [-0.15, -0.1) is 0 Å². The largest absolute Gasteiger partial charge is 0.465 e. The summed E-state index contributed by atoms with van der Waals surface area (Å²) in [5, 5.41) is 0. The molecule has 0 amide bonds. The summed E-state index contributed by atoms with van der Waals surface area (Å²) in [6.07, 6.45) is 13.7. The van der Waals surface area contributed by atoms with E-state index in [1.165, 1.54) is 49.7 Å². The molecule has 10 heteroatoms. The van der Waals surface area contributed by atoms with E-state index in [9.17, 15) is 14.4 Å². The van der Waals surface area contributed by atoms with Gasteiger partial charge in [0.2, 0.25) is 0 Å². The highest BCUT2D eigenvalue weighted by molar-refractivity contribution is 5.87. The van der Waals surface area contributed by atoms with Crippen LogP contribution in [0.2, 0.25) is 0 Å². The van der Waals surface area contributed by atoms with Crippen molar-refractivity contribution in [3.63, 3.8) is 0 Å². The molecule has 2 bridgehead atoms. The van der Waals surface area contributed by atoms with Gasteiger partial charge in [0.25, 0.3) is 0 Å². The minimum absolute atomic E-state index is 0.0709. The Kier molecular flexibility index (Phi) is 7.14. The fourth-order valence-electron chi connectivity index (χ4n) is 9.25. The number of carbonyl (C=O) groups is 3. The first-order valence-corrected chi connectivity index (χ1v) is 14.8. The molecule has 1 spiro atoms. The van der Waals surface area contributed by atoms with Crippen LogP contribution in [0.1, 0.15) is 86.7 Å². The van der Waals surface area contributed by atoms with Gasteiger partial charge in [-0.25, -0.2) is 19.6 Å². The highest BCUT2D eigenvalue weighted by Crippen LogP contribution is 2.72. The Bertz CT molecular complexity index is 1390. The summed E-state index contributed by atoms with van der Waals surface area (Å²) in [6.45, 7) is 10.3. The molecule has 0 N–H and O–H groups in total. The standard InChI is InChI=1S/C32H38N4O6/c1-19-14-32-15-21(19)5-6-24(32)30(3)8-7-26(41-28(38)22-16-33-9-11-35-22)31(4,18-40-20(2)37)25(30)13-27(32)42-29(39)23-17-34-10-12-36-23/h9-12,16-17,21,24-27H,1,5-8,13-15,18H2,2-4H3/t21-,24+,25+,26-,27+,30+,31-,32+/m1/s1. The van der Waals surface area contributed by atoms with E-state index in [4.69, 9.17) is 14.2 Å². The van der Waals surface area contributed by atoms with Crippen LogP contribution in [0.3, 0.4) is 0 Å². The van der Waals surface area contributed by atoms with Crippen LogP contribution in [-0.4, -0.2) is 56.7 Å². The first-order chi connectivity index (χ1) is 20.1. The lowest BCUT2D eigenvalue weighted by atomic mass is 9.40. The number of nitrogens with zero attached hydrogens (tertiary/aromatic N) is 4. The fourth-order valence-corrected chi connectivity index (χ4v) is 9.25. The number of aromatic nitrogens is 4. The van der Waals surface area contributed by atoms with Gasteiger partial charge in [-0.3, -0.25) is 14.8 Å². The molecule has 8 atom stereocenters. The third-order valence-corrected chi connectivity index (χ3v) is 11.0. The van der Waals surface area contributed by atoms with E-state index in [1.807, 2.05) is 6.92 Å². The van der Waals surface area contributed by atoms with Gasteiger partial charge in [-0.1, -0.05) is 26.0 Å². The van der Waals surface area contributed by atoms with E-state index in [0.29, 0.717) is 18.8 Å². The minimum Gasteiger partial charge on any atom is -0.465 e. The number of esters is 3. The monoisotopic (exact) mass is 574 g/mol. The Morgan fingerprint density at radius 2 is 1.55 bits per heavy atom. The van der Waals surface area contributed by atoms with Gasteiger partial charge in [0.1, 0.15) is 18.8 Å². The first kappa shape index (κ1) is 28.4. The molecule has 222 valence electrons. The molecule has 42 heavy (non-hydrogen) atoms. The highest BCUT2D eigenvalue weighted by Gasteiger charge is 2.70. The molecule has 0 aromatic carbocycles. The highest BCUT2D eigenvalue weighted by atomic mass is 16.6. The van der Waals surface area contributed by atoms with Crippen LogP contribution in [0.5, 0.6) is 0 Å². The lowest BCUT2D eigenvalue weighted by Crippen LogP contribution is -2.66. The number of hydrogen-bond acceptors (Lipinski definition) is 10. The molecule has 0 saturated heterocycles. The Balaban J connectivity index is 1.38. The molecular formula is C32H38N4O6. The maximum absolute atomic E-state index is 13.4. The van der Waals surface area contributed by atoms with E-state index in [1.54, 1.807) is 0 Å². The topological polar surface area (TPSA) is 130 Å². The molecule has 0 unspecified atom stereocenters. The average molecular weight is 575 g/mol. The predicted octanol–water partition coefficient (Wildman–Crippen LogP) is 4.77. The van der Waals surface area contributed by atoms with Crippen molar-refractivity contribution in [3.05, 3.63) is 60.7 Å². The van der Waals surface area contributed by atoms with E-state index in [2.05, 4.69) is 33.4 Å². The van der Waals surface area contributed by atoms with Crippen LogP contribution >= 0.6 is 0 Å². The quantitative estimate of drug-likeness (QED) is 0.270. The van der Waals surface area contributed by atoms with E-state index in [0.717, 1.165) is 32.1 Å². The van der Waals surface area contributed by atoms with Crippen LogP contribution < -0.4 is 0 Å². The van der Waals surface area contributed by atoms with E-state index < -0.39 is 35.5 Å². The number of allylic oxidation sites excluding steroid dienone is 1. The van der Waals surface area contributed by atoms with Crippen molar-refractivity contribution >= 4 is 17.9 Å². The molecule has 4 aliphatic carbocycles. The van der Waals surface area contributed by atoms with Crippen LogP contribution in [0.25, 0.3) is 0 Å². The molecule has 0 radical (unpaired) electrons. The summed E-state index contributed by atoms with van der Waals surface area (Å²) in [5.41, 5.74) is 0.424. The molecule has 4 aliphatic rings. The zero-order chi connectivity index (χ0) is 29.7. The maximum atomic E-state index is 13.4. The van der Waals surface area contributed by atoms with Gasteiger partial charge in [0, 0.05) is 42.5 Å². The lowest BCUT2D eigenvalue weighted by Gasteiger charge is -2.66. The van der Waals surface area contributed by atoms with Crippen LogP contribution in [0.4, 0.5) is 0 Å².